The fraction of sp³-hybridized carbons (Fsp3) is 0.938. The van der Waals surface area contributed by atoms with Crippen molar-refractivity contribution in [2.24, 2.45) is 17.1 Å². The van der Waals surface area contributed by atoms with Gasteiger partial charge in [0, 0.05) is 13.0 Å². The molecule has 20 heavy (non-hydrogen) atoms. The summed E-state index contributed by atoms with van der Waals surface area (Å²) in [6.07, 6.45) is 10.2. The van der Waals surface area contributed by atoms with Gasteiger partial charge in [-0.1, -0.05) is 19.3 Å². The SMILES string of the molecule is NCC1(CC(=O)NCC2CCC(O)CC2)CCCCC1. The number of carbonyl (C=O) groups is 1. The van der Waals surface area contributed by atoms with Crippen LogP contribution in [0, 0.1) is 11.3 Å². The Bertz CT molecular complexity index is 306. The van der Waals surface area contributed by atoms with E-state index in [9.17, 15) is 9.90 Å². The average Bonchev–Trinajstić information content (AvgIpc) is 2.47. The van der Waals surface area contributed by atoms with Crippen LogP contribution in [0.4, 0.5) is 0 Å². The summed E-state index contributed by atoms with van der Waals surface area (Å²) in [6.45, 7) is 1.41. The lowest BCUT2D eigenvalue weighted by molar-refractivity contribution is -0.124. The normalized spacial score (nSPS) is 29.9. The number of aliphatic hydroxyl groups excluding tert-OH is 1. The van der Waals surface area contributed by atoms with Crippen molar-refractivity contribution < 1.29 is 9.90 Å². The minimum Gasteiger partial charge on any atom is -0.393 e. The monoisotopic (exact) mass is 282 g/mol. The zero-order chi connectivity index (χ0) is 14.4. The zero-order valence-corrected chi connectivity index (χ0v) is 12.6. The third-order valence-corrected chi connectivity index (χ3v) is 5.29. The molecule has 2 aliphatic carbocycles. The van der Waals surface area contributed by atoms with Crippen LogP contribution in [0.2, 0.25) is 0 Å². The first-order valence-corrected chi connectivity index (χ1v) is 8.28. The molecular formula is C16H30N2O2. The molecule has 2 fully saturated rings. The maximum atomic E-state index is 12.2. The molecule has 2 aliphatic rings. The van der Waals surface area contributed by atoms with Crippen molar-refractivity contribution in [1.29, 1.82) is 0 Å². The summed E-state index contributed by atoms with van der Waals surface area (Å²) in [7, 11) is 0. The van der Waals surface area contributed by atoms with Gasteiger partial charge in [0.1, 0.15) is 0 Å². The number of hydrogen-bond donors (Lipinski definition) is 3. The summed E-state index contributed by atoms with van der Waals surface area (Å²) in [6, 6.07) is 0. The number of amides is 1. The minimum atomic E-state index is -0.121. The molecule has 1 amide bonds. The lowest BCUT2D eigenvalue weighted by Crippen LogP contribution is -2.40. The van der Waals surface area contributed by atoms with Gasteiger partial charge in [0.2, 0.25) is 5.91 Å². The average molecular weight is 282 g/mol. The molecule has 0 atom stereocenters. The Morgan fingerprint density at radius 2 is 1.80 bits per heavy atom. The second-order valence-corrected chi connectivity index (χ2v) is 6.92. The molecule has 0 radical (unpaired) electrons. The highest BCUT2D eigenvalue weighted by Crippen LogP contribution is 2.38. The van der Waals surface area contributed by atoms with Gasteiger partial charge in [-0.2, -0.15) is 0 Å². The van der Waals surface area contributed by atoms with E-state index in [4.69, 9.17) is 5.73 Å². The summed E-state index contributed by atoms with van der Waals surface area (Å²) in [4.78, 5) is 12.2. The molecule has 0 aromatic rings. The number of hydrogen-bond acceptors (Lipinski definition) is 3. The Hall–Kier alpha value is -0.610. The number of nitrogens with two attached hydrogens (primary N) is 1. The molecule has 2 rings (SSSR count). The molecule has 0 heterocycles. The van der Waals surface area contributed by atoms with Crippen LogP contribution < -0.4 is 11.1 Å². The topological polar surface area (TPSA) is 75.4 Å². The Labute approximate surface area is 122 Å². The highest BCUT2D eigenvalue weighted by molar-refractivity contribution is 5.76. The van der Waals surface area contributed by atoms with Gasteiger partial charge >= 0.3 is 0 Å². The lowest BCUT2D eigenvalue weighted by atomic mass is 9.71. The van der Waals surface area contributed by atoms with Crippen molar-refractivity contribution in [1.82, 2.24) is 5.32 Å². The predicted molar refractivity (Wildman–Crippen MR) is 80.2 cm³/mol. The van der Waals surface area contributed by atoms with Gasteiger partial charge in [-0.15, -0.1) is 0 Å². The highest BCUT2D eigenvalue weighted by Gasteiger charge is 2.33. The fourth-order valence-electron chi connectivity index (χ4n) is 3.77. The summed E-state index contributed by atoms with van der Waals surface area (Å²) in [5, 5.41) is 12.6. The van der Waals surface area contributed by atoms with Gasteiger partial charge in [0.15, 0.2) is 0 Å². The third kappa shape index (κ3) is 4.45. The molecule has 0 aliphatic heterocycles. The van der Waals surface area contributed by atoms with E-state index >= 15 is 0 Å². The van der Waals surface area contributed by atoms with Crippen molar-refractivity contribution in [3.8, 4) is 0 Å². The van der Waals surface area contributed by atoms with Crippen LogP contribution >= 0.6 is 0 Å². The van der Waals surface area contributed by atoms with Gasteiger partial charge in [-0.3, -0.25) is 4.79 Å². The largest absolute Gasteiger partial charge is 0.393 e. The first kappa shape index (κ1) is 15.8. The molecule has 116 valence electrons. The van der Waals surface area contributed by atoms with Crippen molar-refractivity contribution in [2.75, 3.05) is 13.1 Å². The molecule has 4 heteroatoms. The van der Waals surface area contributed by atoms with E-state index in [1.807, 2.05) is 0 Å². The van der Waals surface area contributed by atoms with Crippen molar-refractivity contribution in [3.63, 3.8) is 0 Å². The number of carbonyl (C=O) groups excluding carboxylic acids is 1. The highest BCUT2D eigenvalue weighted by atomic mass is 16.3. The zero-order valence-electron chi connectivity index (χ0n) is 12.6. The van der Waals surface area contributed by atoms with Gasteiger partial charge in [-0.05, 0) is 56.4 Å². The van der Waals surface area contributed by atoms with E-state index < -0.39 is 0 Å². The van der Waals surface area contributed by atoms with Crippen molar-refractivity contribution in [3.05, 3.63) is 0 Å². The van der Waals surface area contributed by atoms with Crippen LogP contribution in [-0.2, 0) is 4.79 Å². The number of aliphatic hydroxyl groups is 1. The van der Waals surface area contributed by atoms with Crippen LogP contribution in [0.25, 0.3) is 0 Å². The van der Waals surface area contributed by atoms with Gasteiger partial charge in [0.05, 0.1) is 6.10 Å². The number of nitrogens with one attached hydrogen (secondary N) is 1. The van der Waals surface area contributed by atoms with E-state index in [1.54, 1.807) is 0 Å². The summed E-state index contributed by atoms with van der Waals surface area (Å²) < 4.78 is 0. The Morgan fingerprint density at radius 3 is 2.40 bits per heavy atom. The van der Waals surface area contributed by atoms with Gasteiger partial charge in [-0.25, -0.2) is 0 Å². The summed E-state index contributed by atoms with van der Waals surface area (Å²) >= 11 is 0. The fourth-order valence-corrected chi connectivity index (χ4v) is 3.77. The standard InChI is InChI=1S/C16H30N2O2/c17-12-16(8-2-1-3-9-16)10-15(20)18-11-13-4-6-14(19)7-5-13/h13-14,19H,1-12,17H2,(H,18,20). The summed E-state index contributed by atoms with van der Waals surface area (Å²) in [5.74, 6) is 0.714. The van der Waals surface area contributed by atoms with Gasteiger partial charge in [0.25, 0.3) is 0 Å². The van der Waals surface area contributed by atoms with Crippen LogP contribution in [0.5, 0.6) is 0 Å². The molecule has 4 N–H and O–H groups in total. The maximum Gasteiger partial charge on any atom is 0.220 e. The summed E-state index contributed by atoms with van der Waals surface area (Å²) in [5.41, 5.74) is 5.99. The molecule has 0 spiro atoms. The van der Waals surface area contributed by atoms with E-state index in [0.717, 1.165) is 45.1 Å². The molecule has 0 aromatic carbocycles. The molecule has 2 saturated carbocycles. The predicted octanol–water partition coefficient (Wildman–Crippen LogP) is 1.95. The first-order valence-electron chi connectivity index (χ1n) is 8.28. The minimum absolute atomic E-state index is 0.0606. The van der Waals surface area contributed by atoms with E-state index in [2.05, 4.69) is 5.32 Å². The smallest absolute Gasteiger partial charge is 0.220 e. The molecular weight excluding hydrogens is 252 g/mol. The van der Waals surface area contributed by atoms with E-state index in [0.29, 0.717) is 18.9 Å². The number of rotatable bonds is 5. The Balaban J connectivity index is 1.71. The Kier molecular flexibility index (Phi) is 5.85. The van der Waals surface area contributed by atoms with Crippen molar-refractivity contribution in [2.45, 2.75) is 70.3 Å². The van der Waals surface area contributed by atoms with E-state index in [-0.39, 0.29) is 17.4 Å². The molecule has 0 unspecified atom stereocenters. The maximum absolute atomic E-state index is 12.2. The Morgan fingerprint density at radius 1 is 1.15 bits per heavy atom. The van der Waals surface area contributed by atoms with Crippen LogP contribution in [0.15, 0.2) is 0 Å². The van der Waals surface area contributed by atoms with Gasteiger partial charge < -0.3 is 16.2 Å². The molecule has 0 bridgehead atoms. The van der Waals surface area contributed by atoms with E-state index in [1.165, 1.54) is 19.3 Å². The quantitative estimate of drug-likeness (QED) is 0.721. The second-order valence-electron chi connectivity index (χ2n) is 6.92. The first-order chi connectivity index (χ1) is 9.63. The van der Waals surface area contributed by atoms with Crippen molar-refractivity contribution >= 4 is 5.91 Å². The molecule has 4 nitrogen and oxygen atoms in total. The van der Waals surface area contributed by atoms with Crippen LogP contribution in [-0.4, -0.2) is 30.2 Å². The molecule has 0 aromatic heterocycles. The van der Waals surface area contributed by atoms with Crippen LogP contribution in [0.3, 0.4) is 0 Å². The lowest BCUT2D eigenvalue weighted by Gasteiger charge is -2.36. The second kappa shape index (κ2) is 7.41. The molecule has 0 saturated heterocycles. The third-order valence-electron chi connectivity index (χ3n) is 5.29. The van der Waals surface area contributed by atoms with Crippen LogP contribution in [0.1, 0.15) is 64.2 Å².